The van der Waals surface area contributed by atoms with E-state index in [2.05, 4.69) is 6.92 Å². The minimum absolute atomic E-state index is 0.280. The van der Waals surface area contributed by atoms with Crippen LogP contribution in [0.25, 0.3) is 5.57 Å². The highest BCUT2D eigenvalue weighted by Gasteiger charge is 2.33. The van der Waals surface area contributed by atoms with Gasteiger partial charge in [-0.2, -0.15) is 0 Å². The van der Waals surface area contributed by atoms with Crippen LogP contribution in [0.2, 0.25) is 0 Å². The summed E-state index contributed by atoms with van der Waals surface area (Å²) < 4.78 is 16.7. The molecule has 0 radical (unpaired) electrons. The van der Waals surface area contributed by atoms with Gasteiger partial charge >= 0.3 is 6.09 Å². The maximum absolute atomic E-state index is 12.0. The Kier molecular flexibility index (Phi) is 7.18. The van der Waals surface area contributed by atoms with Crippen LogP contribution in [-0.4, -0.2) is 43.2 Å². The summed E-state index contributed by atoms with van der Waals surface area (Å²) in [6.45, 7) is 2.60. The first-order valence-electron chi connectivity index (χ1n) is 10.2. The lowest BCUT2D eigenvalue weighted by Gasteiger charge is -2.33. The molecule has 1 aliphatic rings. The van der Waals surface area contributed by atoms with Crippen molar-refractivity contribution >= 4 is 18.0 Å². The maximum atomic E-state index is 12.0. The molecule has 1 unspecified atom stereocenters. The summed E-state index contributed by atoms with van der Waals surface area (Å²) in [5.74, 6) is 1.73. The fraction of sp³-hybridized carbons (Fsp3) is 0.333. The smallest absolute Gasteiger partial charge is 0.411 e. The number of hydrogen-bond donors (Lipinski definition) is 1. The number of benzene rings is 2. The molecule has 31 heavy (non-hydrogen) atoms. The number of aldehydes is 1. The second kappa shape index (κ2) is 10.0. The van der Waals surface area contributed by atoms with Crippen molar-refractivity contribution < 1.29 is 28.9 Å². The Balaban J connectivity index is 2.09. The second-order valence-corrected chi connectivity index (χ2v) is 7.26. The molecule has 2 aromatic carbocycles. The topological polar surface area (TPSA) is 85.3 Å². The van der Waals surface area contributed by atoms with Gasteiger partial charge in [0.2, 0.25) is 0 Å². The summed E-state index contributed by atoms with van der Waals surface area (Å²) in [6.07, 6.45) is 3.19. The van der Waals surface area contributed by atoms with Crippen LogP contribution in [0.5, 0.6) is 17.2 Å². The fourth-order valence-electron chi connectivity index (χ4n) is 3.67. The van der Waals surface area contributed by atoms with Crippen molar-refractivity contribution in [1.82, 2.24) is 4.90 Å². The molecular weight excluding hydrogens is 398 g/mol. The van der Waals surface area contributed by atoms with E-state index in [9.17, 15) is 14.7 Å². The summed E-state index contributed by atoms with van der Waals surface area (Å²) in [5, 5.41) is 9.84. The number of hydrogen-bond acceptors (Lipinski definition) is 5. The van der Waals surface area contributed by atoms with Crippen LogP contribution in [0, 0.1) is 0 Å². The first-order valence-corrected chi connectivity index (χ1v) is 10.2. The monoisotopic (exact) mass is 425 g/mol. The molecule has 7 heteroatoms. The average molecular weight is 425 g/mol. The number of nitrogens with zero attached hydrogens (tertiary/aromatic N) is 1. The maximum Gasteiger partial charge on any atom is 0.411 e. The van der Waals surface area contributed by atoms with Crippen LogP contribution in [0.4, 0.5) is 4.79 Å². The Labute approximate surface area is 181 Å². The van der Waals surface area contributed by atoms with Crippen molar-refractivity contribution in [2.24, 2.45) is 0 Å². The number of methoxy groups -OCH3 is 2. The van der Waals surface area contributed by atoms with E-state index in [0.29, 0.717) is 47.7 Å². The van der Waals surface area contributed by atoms with Gasteiger partial charge in [-0.05, 0) is 53.8 Å². The van der Waals surface area contributed by atoms with Crippen LogP contribution < -0.4 is 14.2 Å². The van der Waals surface area contributed by atoms with Gasteiger partial charge in [-0.3, -0.25) is 9.69 Å². The largest absolute Gasteiger partial charge is 0.497 e. The minimum atomic E-state index is -1.14. The minimum Gasteiger partial charge on any atom is -0.497 e. The van der Waals surface area contributed by atoms with Crippen LogP contribution in [0.3, 0.4) is 0 Å². The van der Waals surface area contributed by atoms with E-state index >= 15 is 0 Å². The molecule has 1 amide bonds. The van der Waals surface area contributed by atoms with Gasteiger partial charge in [-0.1, -0.05) is 25.5 Å². The van der Waals surface area contributed by atoms with E-state index in [1.807, 2.05) is 24.3 Å². The van der Waals surface area contributed by atoms with Crippen LogP contribution in [0.15, 0.2) is 42.6 Å². The zero-order valence-corrected chi connectivity index (χ0v) is 18.0. The molecule has 1 aliphatic heterocycles. The van der Waals surface area contributed by atoms with Crippen molar-refractivity contribution in [3.05, 3.63) is 59.3 Å². The normalized spacial score (nSPS) is 15.0. The summed E-state index contributed by atoms with van der Waals surface area (Å²) in [4.78, 5) is 25.0. The number of fused-ring (bicyclic) bond motifs is 1. The summed E-state index contributed by atoms with van der Waals surface area (Å²) in [7, 11) is 3.13. The number of ether oxygens (including phenoxy) is 3. The number of allylic oxidation sites excluding steroid dienone is 1. The van der Waals surface area contributed by atoms with E-state index in [0.717, 1.165) is 18.4 Å². The van der Waals surface area contributed by atoms with E-state index < -0.39 is 12.1 Å². The molecule has 0 saturated carbocycles. The first-order chi connectivity index (χ1) is 15.0. The molecule has 0 saturated heterocycles. The van der Waals surface area contributed by atoms with Gasteiger partial charge < -0.3 is 19.3 Å². The molecule has 1 heterocycles. The molecular formula is C24H27NO6. The predicted octanol–water partition coefficient (Wildman–Crippen LogP) is 4.70. The second-order valence-electron chi connectivity index (χ2n) is 7.26. The molecule has 3 rings (SSSR count). The summed E-state index contributed by atoms with van der Waals surface area (Å²) >= 11 is 0. The quantitative estimate of drug-likeness (QED) is 0.463. The predicted molar refractivity (Wildman–Crippen MR) is 117 cm³/mol. The number of rotatable bonds is 9. The van der Waals surface area contributed by atoms with Gasteiger partial charge in [0.05, 0.1) is 26.9 Å². The number of carboxylic acid groups (broad SMARTS) is 1. The molecule has 2 aromatic rings. The SMILES string of the molecule is CCCCOc1cc2c(cc1OC)C(Cc1cccc(OC)c1)N(C(=O)O)C=C2C=O. The van der Waals surface area contributed by atoms with Gasteiger partial charge in [0, 0.05) is 11.8 Å². The summed E-state index contributed by atoms with van der Waals surface area (Å²) in [5.41, 5.74) is 2.52. The van der Waals surface area contributed by atoms with E-state index in [4.69, 9.17) is 14.2 Å². The zero-order valence-electron chi connectivity index (χ0n) is 18.0. The Morgan fingerprint density at radius 3 is 2.61 bits per heavy atom. The number of carbonyl (C=O) groups excluding carboxylic acids is 1. The number of carbonyl (C=O) groups is 2. The fourth-order valence-corrected chi connectivity index (χ4v) is 3.67. The van der Waals surface area contributed by atoms with E-state index in [1.165, 1.54) is 11.1 Å². The average Bonchev–Trinajstić information content (AvgIpc) is 2.78. The third-order valence-electron chi connectivity index (χ3n) is 5.29. The van der Waals surface area contributed by atoms with Crippen LogP contribution >= 0.6 is 0 Å². The van der Waals surface area contributed by atoms with Crippen molar-refractivity contribution in [2.45, 2.75) is 32.2 Å². The van der Waals surface area contributed by atoms with E-state index in [1.54, 1.807) is 26.4 Å². The van der Waals surface area contributed by atoms with E-state index in [-0.39, 0.29) is 5.57 Å². The van der Waals surface area contributed by atoms with Gasteiger partial charge in [0.25, 0.3) is 0 Å². The highest BCUT2D eigenvalue weighted by molar-refractivity contribution is 6.09. The van der Waals surface area contributed by atoms with Gasteiger partial charge in [0.1, 0.15) is 5.75 Å². The van der Waals surface area contributed by atoms with Crippen LogP contribution in [0.1, 0.15) is 42.5 Å². The van der Waals surface area contributed by atoms with Gasteiger partial charge in [-0.15, -0.1) is 0 Å². The lowest BCUT2D eigenvalue weighted by Crippen LogP contribution is -2.34. The lowest BCUT2D eigenvalue weighted by molar-refractivity contribution is -0.103. The molecule has 0 fully saturated rings. The Morgan fingerprint density at radius 2 is 1.97 bits per heavy atom. The van der Waals surface area contributed by atoms with Crippen LogP contribution in [-0.2, 0) is 11.2 Å². The van der Waals surface area contributed by atoms with Crippen molar-refractivity contribution in [2.75, 3.05) is 20.8 Å². The first kappa shape index (κ1) is 22.2. The molecule has 0 spiro atoms. The Morgan fingerprint density at radius 1 is 1.16 bits per heavy atom. The lowest BCUT2D eigenvalue weighted by atomic mass is 9.87. The molecule has 0 aliphatic carbocycles. The van der Waals surface area contributed by atoms with Gasteiger partial charge in [0.15, 0.2) is 17.8 Å². The highest BCUT2D eigenvalue weighted by atomic mass is 16.5. The zero-order chi connectivity index (χ0) is 22.4. The Hall–Kier alpha value is -3.48. The number of amides is 1. The van der Waals surface area contributed by atoms with Crippen molar-refractivity contribution in [1.29, 1.82) is 0 Å². The van der Waals surface area contributed by atoms with Crippen molar-refractivity contribution in [3.8, 4) is 17.2 Å². The number of unbranched alkanes of at least 4 members (excludes halogenated alkanes) is 1. The third-order valence-corrected chi connectivity index (χ3v) is 5.29. The molecule has 1 N–H and O–H groups in total. The molecule has 7 nitrogen and oxygen atoms in total. The molecule has 164 valence electrons. The molecule has 0 aromatic heterocycles. The molecule has 1 atom stereocenters. The Bertz CT molecular complexity index is 984. The standard InChI is InChI=1S/C24H27NO6/c1-4-5-9-31-23-12-19-17(15-26)14-25(24(27)28)21(20(19)13-22(23)30-3)11-16-7-6-8-18(10-16)29-2/h6-8,10,12-15,21H,4-5,9,11H2,1-3H3,(H,27,28). The third kappa shape index (κ3) is 4.82. The highest BCUT2D eigenvalue weighted by Crippen LogP contribution is 2.42. The molecule has 0 bridgehead atoms. The van der Waals surface area contributed by atoms with Gasteiger partial charge in [-0.25, -0.2) is 4.79 Å². The van der Waals surface area contributed by atoms with Crippen molar-refractivity contribution in [3.63, 3.8) is 0 Å². The summed E-state index contributed by atoms with van der Waals surface area (Å²) in [6, 6.07) is 10.5.